The maximum absolute atomic E-state index is 5.28. The molecule has 2 nitrogen and oxygen atoms in total. The first kappa shape index (κ1) is 11.9. The predicted octanol–water partition coefficient (Wildman–Crippen LogP) is 3.87. The minimum Gasteiger partial charge on any atom is -0.390 e. The second-order valence-electron chi connectivity index (χ2n) is 4.38. The molecule has 17 heavy (non-hydrogen) atoms. The van der Waals surface area contributed by atoms with Gasteiger partial charge in [-0.25, -0.2) is 0 Å². The molecule has 1 aliphatic rings. The third-order valence-electron chi connectivity index (χ3n) is 3.03. The average Bonchev–Trinajstić information content (AvgIpc) is 2.38. The number of hydrogen-bond donors (Lipinski definition) is 0. The summed E-state index contributed by atoms with van der Waals surface area (Å²) in [7, 11) is 0. The maximum atomic E-state index is 5.28. The lowest BCUT2D eigenvalue weighted by molar-refractivity contribution is 0.131. The van der Waals surface area contributed by atoms with Crippen LogP contribution in [-0.2, 0) is 11.4 Å². The molecule has 1 aromatic carbocycles. The van der Waals surface area contributed by atoms with Gasteiger partial charge in [-0.1, -0.05) is 35.5 Å². The van der Waals surface area contributed by atoms with E-state index in [-0.39, 0.29) is 0 Å². The Hall–Kier alpha value is -1.57. The summed E-state index contributed by atoms with van der Waals surface area (Å²) in [4.78, 5) is 5.28. The Morgan fingerprint density at radius 2 is 2.18 bits per heavy atom. The highest BCUT2D eigenvalue weighted by Gasteiger charge is 2.01. The van der Waals surface area contributed by atoms with E-state index >= 15 is 0 Å². The van der Waals surface area contributed by atoms with Crippen molar-refractivity contribution >= 4 is 6.21 Å². The lowest BCUT2D eigenvalue weighted by Gasteiger charge is -2.07. The van der Waals surface area contributed by atoms with Crippen LogP contribution >= 0.6 is 0 Å². The molecule has 0 spiro atoms. The highest BCUT2D eigenvalue weighted by atomic mass is 16.6. The van der Waals surface area contributed by atoms with Gasteiger partial charge in [0.15, 0.2) is 0 Å². The third kappa shape index (κ3) is 3.74. The molecule has 0 bridgehead atoms. The standard InChI is InChI=1S/C15H18NO/c1-13-7-5-6-10-15(13)12-17-16-11-14-8-3-2-4-9-14/h5-8,10H,2-4,9,12H2,1H3. The summed E-state index contributed by atoms with van der Waals surface area (Å²) in [5.74, 6) is 0. The summed E-state index contributed by atoms with van der Waals surface area (Å²) in [5, 5.41) is 3.91. The van der Waals surface area contributed by atoms with Gasteiger partial charge in [0.25, 0.3) is 0 Å². The van der Waals surface area contributed by atoms with E-state index in [9.17, 15) is 0 Å². The second-order valence-corrected chi connectivity index (χ2v) is 4.38. The quantitative estimate of drug-likeness (QED) is 0.566. The van der Waals surface area contributed by atoms with Gasteiger partial charge in [0.2, 0.25) is 0 Å². The molecule has 0 N–H and O–H groups in total. The van der Waals surface area contributed by atoms with Crippen molar-refractivity contribution in [2.75, 3.05) is 0 Å². The van der Waals surface area contributed by atoms with Gasteiger partial charge in [0, 0.05) is 0 Å². The van der Waals surface area contributed by atoms with E-state index in [1.165, 1.54) is 29.5 Å². The summed E-state index contributed by atoms with van der Waals surface area (Å²) >= 11 is 0. The minimum absolute atomic E-state index is 0.521. The number of allylic oxidation sites excluding steroid dienone is 2. The largest absolute Gasteiger partial charge is 0.390 e. The van der Waals surface area contributed by atoms with Crippen molar-refractivity contribution in [2.24, 2.45) is 5.16 Å². The van der Waals surface area contributed by atoms with E-state index in [4.69, 9.17) is 4.84 Å². The molecule has 0 heterocycles. The smallest absolute Gasteiger partial charge is 0.142 e. The van der Waals surface area contributed by atoms with Gasteiger partial charge in [-0.2, -0.15) is 0 Å². The molecule has 1 aromatic rings. The molecule has 2 heteroatoms. The Morgan fingerprint density at radius 1 is 1.29 bits per heavy atom. The molecule has 0 aliphatic heterocycles. The van der Waals surface area contributed by atoms with Crippen LogP contribution in [0.5, 0.6) is 0 Å². The Labute approximate surface area is 103 Å². The van der Waals surface area contributed by atoms with Crippen LogP contribution in [0.4, 0.5) is 0 Å². The van der Waals surface area contributed by atoms with Crippen molar-refractivity contribution in [3.8, 4) is 0 Å². The van der Waals surface area contributed by atoms with Gasteiger partial charge in [-0.15, -0.1) is 0 Å². The fraction of sp³-hybridized carbons (Fsp3) is 0.400. The maximum Gasteiger partial charge on any atom is 0.142 e. The molecular formula is C15H18NO. The second kappa shape index (κ2) is 6.24. The predicted molar refractivity (Wildman–Crippen MR) is 70.0 cm³/mol. The molecule has 0 saturated carbocycles. The zero-order chi connectivity index (χ0) is 11.9. The lowest BCUT2D eigenvalue weighted by atomic mass is 10.0. The Balaban J connectivity index is 1.81. The summed E-state index contributed by atoms with van der Waals surface area (Å²) < 4.78 is 0. The van der Waals surface area contributed by atoms with E-state index in [0.29, 0.717) is 6.61 Å². The first-order chi connectivity index (χ1) is 8.36. The van der Waals surface area contributed by atoms with E-state index in [1.807, 2.05) is 12.1 Å². The number of benzene rings is 1. The first-order valence-corrected chi connectivity index (χ1v) is 6.18. The number of rotatable bonds is 4. The zero-order valence-corrected chi connectivity index (χ0v) is 10.3. The van der Waals surface area contributed by atoms with Gasteiger partial charge < -0.3 is 4.84 Å². The van der Waals surface area contributed by atoms with Crippen LogP contribution in [0.2, 0.25) is 0 Å². The van der Waals surface area contributed by atoms with Gasteiger partial charge in [-0.3, -0.25) is 0 Å². The number of aryl methyl sites for hydroxylation is 1. The van der Waals surface area contributed by atoms with Crippen LogP contribution in [-0.4, -0.2) is 6.21 Å². The van der Waals surface area contributed by atoms with Gasteiger partial charge in [0.1, 0.15) is 12.8 Å². The van der Waals surface area contributed by atoms with Crippen molar-refractivity contribution in [3.05, 3.63) is 47.0 Å². The highest BCUT2D eigenvalue weighted by Crippen LogP contribution is 2.15. The van der Waals surface area contributed by atoms with Crippen LogP contribution in [0.15, 0.2) is 41.1 Å². The van der Waals surface area contributed by atoms with E-state index in [1.54, 1.807) is 0 Å². The highest BCUT2D eigenvalue weighted by molar-refractivity contribution is 5.78. The molecule has 2 rings (SSSR count). The molecular weight excluding hydrogens is 210 g/mol. The van der Waals surface area contributed by atoms with E-state index < -0.39 is 0 Å². The van der Waals surface area contributed by atoms with Gasteiger partial charge in [0.05, 0.1) is 0 Å². The third-order valence-corrected chi connectivity index (χ3v) is 3.03. The summed E-state index contributed by atoms with van der Waals surface area (Å²) in [6, 6.07) is 8.18. The minimum atomic E-state index is 0.521. The van der Waals surface area contributed by atoms with Crippen LogP contribution in [0, 0.1) is 6.92 Å². The molecule has 89 valence electrons. The van der Waals surface area contributed by atoms with Crippen LogP contribution in [0.3, 0.4) is 0 Å². The fourth-order valence-corrected chi connectivity index (χ4v) is 1.90. The normalized spacial score (nSPS) is 15.9. The van der Waals surface area contributed by atoms with Crippen molar-refractivity contribution in [3.63, 3.8) is 0 Å². The Bertz CT molecular complexity index is 421. The molecule has 0 aromatic heterocycles. The van der Waals surface area contributed by atoms with Gasteiger partial charge in [-0.05, 0) is 49.3 Å². The molecule has 0 fully saturated rings. The fourth-order valence-electron chi connectivity index (χ4n) is 1.90. The molecule has 1 aliphatic carbocycles. The Morgan fingerprint density at radius 3 is 2.94 bits per heavy atom. The number of nitrogens with zero attached hydrogens (tertiary/aromatic N) is 1. The summed E-state index contributed by atoms with van der Waals surface area (Å²) in [6.45, 7) is 2.60. The van der Waals surface area contributed by atoms with Crippen molar-refractivity contribution in [2.45, 2.75) is 39.2 Å². The van der Waals surface area contributed by atoms with Crippen molar-refractivity contribution in [1.82, 2.24) is 0 Å². The van der Waals surface area contributed by atoms with Crippen molar-refractivity contribution < 1.29 is 4.84 Å². The molecule has 0 unspecified atom stereocenters. The SMILES string of the molecule is Cc1ccccc1CO/N=[C]\C1=CCCCC1. The van der Waals surface area contributed by atoms with Crippen LogP contribution in [0.1, 0.15) is 36.8 Å². The van der Waals surface area contributed by atoms with Gasteiger partial charge >= 0.3 is 0 Å². The van der Waals surface area contributed by atoms with E-state index in [0.717, 1.165) is 12.8 Å². The number of hydrogen-bond acceptors (Lipinski definition) is 2. The molecule has 1 radical (unpaired) electrons. The van der Waals surface area contributed by atoms with Crippen molar-refractivity contribution in [1.29, 1.82) is 0 Å². The zero-order valence-electron chi connectivity index (χ0n) is 10.3. The first-order valence-electron chi connectivity index (χ1n) is 6.18. The average molecular weight is 228 g/mol. The molecule has 0 atom stereocenters. The monoisotopic (exact) mass is 228 g/mol. The molecule has 0 amide bonds. The van der Waals surface area contributed by atoms with Crippen LogP contribution in [0.25, 0.3) is 0 Å². The summed E-state index contributed by atoms with van der Waals surface area (Å²) in [5.41, 5.74) is 3.59. The Kier molecular flexibility index (Phi) is 4.37. The topological polar surface area (TPSA) is 21.6 Å². The molecule has 0 saturated heterocycles. The summed E-state index contributed by atoms with van der Waals surface area (Å²) in [6.07, 6.45) is 9.93. The van der Waals surface area contributed by atoms with E-state index in [2.05, 4.69) is 36.5 Å². The van der Waals surface area contributed by atoms with Crippen LogP contribution < -0.4 is 0 Å². The lowest BCUT2D eigenvalue weighted by Crippen LogP contribution is -1.94.